The highest BCUT2D eigenvalue weighted by Crippen LogP contribution is 2.07. The van der Waals surface area contributed by atoms with Gasteiger partial charge in [0.15, 0.2) is 0 Å². The number of nitrogens with one attached hydrogen (secondary N) is 3. The molecule has 0 saturated heterocycles. The van der Waals surface area contributed by atoms with E-state index in [4.69, 9.17) is 11.5 Å². The maximum absolute atomic E-state index is 12.9. The number of carbonyl (C=O) groups excluding carboxylic acids is 4. The highest BCUT2D eigenvalue weighted by atomic mass is 16.4. The van der Waals surface area contributed by atoms with Gasteiger partial charge >= 0.3 is 5.97 Å². The van der Waals surface area contributed by atoms with E-state index in [1.807, 2.05) is 13.8 Å². The Morgan fingerprint density at radius 3 is 2.03 bits per heavy atom. The van der Waals surface area contributed by atoms with Crippen LogP contribution in [0.1, 0.15) is 45.6 Å². The molecule has 0 aliphatic carbocycles. The summed E-state index contributed by atoms with van der Waals surface area (Å²) in [5.74, 6) is -3.98. The molecule has 1 aromatic carbocycles. The third-order valence-electron chi connectivity index (χ3n) is 5.52. The zero-order valence-electron chi connectivity index (χ0n) is 19.7. The fraction of sp³-hybridized carbons (Fsp3) is 0.522. The summed E-state index contributed by atoms with van der Waals surface area (Å²) in [4.78, 5) is 60.5. The minimum absolute atomic E-state index is 0.0770. The van der Waals surface area contributed by atoms with Crippen LogP contribution in [0.2, 0.25) is 0 Å². The summed E-state index contributed by atoms with van der Waals surface area (Å²) in [5, 5.41) is 16.8. The second-order valence-corrected chi connectivity index (χ2v) is 8.30. The van der Waals surface area contributed by atoms with E-state index in [0.29, 0.717) is 6.42 Å². The van der Waals surface area contributed by atoms with Crippen LogP contribution in [0.15, 0.2) is 30.3 Å². The van der Waals surface area contributed by atoms with Crippen LogP contribution in [0.5, 0.6) is 0 Å². The molecule has 0 aliphatic rings. The Bertz CT molecular complexity index is 863. The lowest BCUT2D eigenvalue weighted by atomic mass is 9.99. The maximum atomic E-state index is 12.9. The van der Waals surface area contributed by atoms with Crippen LogP contribution in [0, 0.1) is 5.92 Å². The lowest BCUT2D eigenvalue weighted by Crippen LogP contribution is -2.57. The Labute approximate surface area is 199 Å². The number of nitrogens with two attached hydrogens (primary N) is 2. The lowest BCUT2D eigenvalue weighted by molar-refractivity contribution is -0.142. The third-order valence-corrected chi connectivity index (χ3v) is 5.52. The first-order valence-corrected chi connectivity index (χ1v) is 11.2. The molecule has 0 fully saturated rings. The molecular formula is C23H35N5O6. The quantitative estimate of drug-likeness (QED) is 0.206. The van der Waals surface area contributed by atoms with Gasteiger partial charge in [0.2, 0.25) is 23.6 Å². The van der Waals surface area contributed by atoms with Gasteiger partial charge in [0.1, 0.15) is 18.1 Å². The molecule has 1 aromatic rings. The first-order valence-electron chi connectivity index (χ1n) is 11.2. The summed E-state index contributed by atoms with van der Waals surface area (Å²) in [6.07, 6.45) is 0.345. The molecule has 11 heteroatoms. The SMILES string of the molecule is CCC(C)C(N)C(=O)NC(C)C(=O)NC(Cc1ccccc1)C(=O)NC(CCC(N)=O)C(=O)O. The van der Waals surface area contributed by atoms with Gasteiger partial charge in [-0.15, -0.1) is 0 Å². The van der Waals surface area contributed by atoms with Crippen LogP contribution in [-0.2, 0) is 30.4 Å². The van der Waals surface area contributed by atoms with E-state index in [9.17, 15) is 29.1 Å². The summed E-state index contributed by atoms with van der Waals surface area (Å²) < 4.78 is 0. The van der Waals surface area contributed by atoms with Crippen molar-refractivity contribution in [1.82, 2.24) is 16.0 Å². The average Bonchev–Trinajstić information content (AvgIpc) is 2.80. The first kappa shape index (κ1) is 28.6. The van der Waals surface area contributed by atoms with Crippen LogP contribution < -0.4 is 27.4 Å². The van der Waals surface area contributed by atoms with E-state index in [0.717, 1.165) is 5.56 Å². The summed E-state index contributed by atoms with van der Waals surface area (Å²) >= 11 is 0. The molecule has 8 N–H and O–H groups in total. The Balaban J connectivity index is 2.95. The summed E-state index contributed by atoms with van der Waals surface area (Å²) in [6, 6.07) is 4.56. The van der Waals surface area contributed by atoms with E-state index in [2.05, 4.69) is 16.0 Å². The predicted octanol–water partition coefficient (Wildman–Crippen LogP) is -0.573. The number of primary amides is 1. The molecule has 0 heterocycles. The Morgan fingerprint density at radius 1 is 0.912 bits per heavy atom. The van der Waals surface area contributed by atoms with E-state index in [-0.39, 0.29) is 25.2 Å². The number of hydrogen-bond donors (Lipinski definition) is 6. The predicted molar refractivity (Wildman–Crippen MR) is 125 cm³/mol. The number of hydrogen-bond acceptors (Lipinski definition) is 6. The highest BCUT2D eigenvalue weighted by Gasteiger charge is 2.29. The molecule has 1 rings (SSSR count). The van der Waals surface area contributed by atoms with E-state index >= 15 is 0 Å². The number of carbonyl (C=O) groups is 5. The molecule has 0 saturated carbocycles. The first-order chi connectivity index (χ1) is 16.0. The number of aliphatic carboxylic acids is 1. The van der Waals surface area contributed by atoms with Gasteiger partial charge in [-0.3, -0.25) is 19.2 Å². The van der Waals surface area contributed by atoms with Crippen LogP contribution in [-0.4, -0.2) is 58.9 Å². The van der Waals surface area contributed by atoms with Gasteiger partial charge in [-0.1, -0.05) is 50.6 Å². The lowest BCUT2D eigenvalue weighted by Gasteiger charge is -2.24. The van der Waals surface area contributed by atoms with Gasteiger partial charge in [0.25, 0.3) is 0 Å². The number of carboxylic acid groups (broad SMARTS) is 1. The Hall–Kier alpha value is -3.47. The largest absolute Gasteiger partial charge is 0.480 e. The van der Waals surface area contributed by atoms with Crippen molar-refractivity contribution in [3.8, 4) is 0 Å². The standard InChI is InChI=1S/C23H35N5O6/c1-4-13(2)19(25)22(32)26-14(3)20(30)28-17(12-15-8-6-5-7-9-15)21(31)27-16(23(33)34)10-11-18(24)29/h5-9,13-14,16-17,19H,4,10-12,25H2,1-3H3,(H2,24,29)(H,26,32)(H,27,31)(H,28,30)(H,33,34). The van der Waals surface area contributed by atoms with Crippen LogP contribution in [0.3, 0.4) is 0 Å². The highest BCUT2D eigenvalue weighted by molar-refractivity contribution is 5.94. The molecule has 5 atom stereocenters. The second-order valence-electron chi connectivity index (χ2n) is 8.30. The molecule has 0 aromatic heterocycles. The van der Waals surface area contributed by atoms with Gasteiger partial charge < -0.3 is 32.5 Å². The number of carboxylic acids is 1. The molecular weight excluding hydrogens is 442 g/mol. The zero-order chi connectivity index (χ0) is 25.8. The van der Waals surface area contributed by atoms with Gasteiger partial charge in [-0.2, -0.15) is 0 Å². The van der Waals surface area contributed by atoms with Gasteiger partial charge in [-0.25, -0.2) is 4.79 Å². The average molecular weight is 478 g/mol. The smallest absolute Gasteiger partial charge is 0.326 e. The van der Waals surface area contributed by atoms with Crippen LogP contribution in [0.25, 0.3) is 0 Å². The van der Waals surface area contributed by atoms with Crippen LogP contribution >= 0.6 is 0 Å². The van der Waals surface area contributed by atoms with Gasteiger partial charge in [-0.05, 0) is 24.8 Å². The fourth-order valence-corrected chi connectivity index (χ4v) is 3.06. The molecule has 11 nitrogen and oxygen atoms in total. The van der Waals surface area contributed by atoms with E-state index < -0.39 is 53.8 Å². The topological polar surface area (TPSA) is 194 Å². The number of rotatable bonds is 14. The minimum Gasteiger partial charge on any atom is -0.480 e. The molecule has 0 aliphatic heterocycles. The van der Waals surface area contributed by atoms with Crippen molar-refractivity contribution >= 4 is 29.6 Å². The molecule has 4 amide bonds. The summed E-state index contributed by atoms with van der Waals surface area (Å²) in [5.41, 5.74) is 11.7. The monoisotopic (exact) mass is 477 g/mol. The van der Waals surface area contributed by atoms with Crippen molar-refractivity contribution in [2.75, 3.05) is 0 Å². The third kappa shape index (κ3) is 9.57. The maximum Gasteiger partial charge on any atom is 0.326 e. The molecule has 0 bridgehead atoms. The Kier molecular flexibility index (Phi) is 11.7. The molecule has 5 unspecified atom stereocenters. The van der Waals surface area contributed by atoms with Crippen molar-refractivity contribution in [3.63, 3.8) is 0 Å². The molecule has 188 valence electrons. The van der Waals surface area contributed by atoms with Crippen molar-refractivity contribution < 1.29 is 29.1 Å². The second kappa shape index (κ2) is 13.9. The molecule has 0 spiro atoms. The van der Waals surface area contributed by atoms with E-state index in [1.165, 1.54) is 6.92 Å². The normalized spacial score (nSPS) is 15.2. The van der Waals surface area contributed by atoms with Crippen LogP contribution in [0.4, 0.5) is 0 Å². The minimum atomic E-state index is -1.36. The fourth-order valence-electron chi connectivity index (χ4n) is 3.06. The van der Waals surface area contributed by atoms with Gasteiger partial charge in [0, 0.05) is 12.8 Å². The zero-order valence-corrected chi connectivity index (χ0v) is 19.7. The van der Waals surface area contributed by atoms with Crippen molar-refractivity contribution in [2.45, 2.75) is 70.6 Å². The van der Waals surface area contributed by atoms with Crippen molar-refractivity contribution in [2.24, 2.45) is 17.4 Å². The molecule has 34 heavy (non-hydrogen) atoms. The summed E-state index contributed by atoms with van der Waals surface area (Å²) in [7, 11) is 0. The van der Waals surface area contributed by atoms with Gasteiger partial charge in [0.05, 0.1) is 6.04 Å². The van der Waals surface area contributed by atoms with E-state index in [1.54, 1.807) is 30.3 Å². The van der Waals surface area contributed by atoms with Crippen molar-refractivity contribution in [1.29, 1.82) is 0 Å². The summed E-state index contributed by atoms with van der Waals surface area (Å²) in [6.45, 7) is 5.18. The molecule has 0 radical (unpaired) electrons. The van der Waals surface area contributed by atoms with Crippen molar-refractivity contribution in [3.05, 3.63) is 35.9 Å². The number of amides is 4. The Morgan fingerprint density at radius 2 is 1.50 bits per heavy atom. The number of benzene rings is 1.